The van der Waals surface area contributed by atoms with Gasteiger partial charge in [0.2, 0.25) is 0 Å². The van der Waals surface area contributed by atoms with Gasteiger partial charge in [0.25, 0.3) is 5.91 Å². The van der Waals surface area contributed by atoms with E-state index in [1.807, 2.05) is 37.2 Å². The normalized spacial score (nSPS) is 19.6. The second-order valence-electron chi connectivity index (χ2n) is 7.85. The van der Waals surface area contributed by atoms with E-state index in [2.05, 4.69) is 45.5 Å². The molecule has 30 heavy (non-hydrogen) atoms. The van der Waals surface area contributed by atoms with Crippen LogP contribution in [0.15, 0.2) is 53.3 Å². The number of allylic oxidation sites excluding steroid dienone is 2. The molecule has 2 atom stereocenters. The molecule has 2 unspecified atom stereocenters. The lowest BCUT2D eigenvalue weighted by atomic mass is 9.93. The van der Waals surface area contributed by atoms with Gasteiger partial charge in [-0.05, 0) is 50.1 Å². The summed E-state index contributed by atoms with van der Waals surface area (Å²) in [5, 5.41) is 9.53. The molecule has 2 aromatic rings. The maximum Gasteiger partial charge on any atom is 0.251 e. The van der Waals surface area contributed by atoms with Crippen LogP contribution in [0.5, 0.6) is 0 Å². The highest BCUT2D eigenvalue weighted by Gasteiger charge is 2.29. The van der Waals surface area contributed by atoms with Crippen LogP contribution in [0.2, 0.25) is 0 Å². The van der Waals surface area contributed by atoms with Crippen molar-refractivity contribution in [1.29, 1.82) is 0 Å². The van der Waals surface area contributed by atoms with Gasteiger partial charge >= 0.3 is 0 Å². The van der Waals surface area contributed by atoms with Crippen molar-refractivity contribution < 1.29 is 4.79 Å². The van der Waals surface area contributed by atoms with E-state index >= 15 is 0 Å². The summed E-state index contributed by atoms with van der Waals surface area (Å²) in [6.45, 7) is 6.91. The number of rotatable bonds is 5. The summed E-state index contributed by atoms with van der Waals surface area (Å²) in [5.74, 6) is 0.638. The summed E-state index contributed by atoms with van der Waals surface area (Å²) in [4.78, 5) is 21.4. The summed E-state index contributed by atoms with van der Waals surface area (Å²) >= 11 is 0. The molecule has 1 aliphatic heterocycles. The van der Waals surface area contributed by atoms with Crippen molar-refractivity contribution in [3.8, 4) is 0 Å². The first-order valence-electron chi connectivity index (χ1n) is 10.0. The number of nitrogens with zero attached hydrogens (tertiary/aromatic N) is 4. The minimum Gasteiger partial charge on any atom is -0.384 e. The molecule has 1 amide bonds. The molecule has 7 nitrogen and oxygen atoms in total. The number of amides is 1. The van der Waals surface area contributed by atoms with Gasteiger partial charge in [-0.15, -0.1) is 0 Å². The molecule has 0 radical (unpaired) electrons. The van der Waals surface area contributed by atoms with Crippen LogP contribution in [0.1, 0.15) is 39.8 Å². The van der Waals surface area contributed by atoms with Crippen molar-refractivity contribution in [1.82, 2.24) is 20.3 Å². The van der Waals surface area contributed by atoms with Gasteiger partial charge in [0.15, 0.2) is 0 Å². The molecule has 0 saturated heterocycles. The number of aromatic nitrogens is 2. The summed E-state index contributed by atoms with van der Waals surface area (Å²) in [6.07, 6.45) is 10.2. The predicted molar refractivity (Wildman–Crippen MR) is 118 cm³/mol. The number of nitrogens with one attached hydrogen (secondary N) is 1. The summed E-state index contributed by atoms with van der Waals surface area (Å²) < 4.78 is 0. The Bertz CT molecular complexity index is 1050. The lowest BCUT2D eigenvalue weighted by Gasteiger charge is -2.26. The van der Waals surface area contributed by atoms with Crippen LogP contribution in [-0.4, -0.2) is 33.1 Å². The maximum absolute atomic E-state index is 12.7. The lowest BCUT2D eigenvalue weighted by molar-refractivity contribution is 0.0950. The number of anilines is 1. The largest absolute Gasteiger partial charge is 0.384 e. The predicted octanol–water partition coefficient (Wildman–Crippen LogP) is 2.91. The van der Waals surface area contributed by atoms with Crippen LogP contribution in [-0.2, 0) is 13.1 Å². The van der Waals surface area contributed by atoms with Crippen molar-refractivity contribution >= 4 is 17.9 Å². The number of hydrogen-bond acceptors (Lipinski definition) is 6. The topological polar surface area (TPSA) is 96.5 Å². The average molecular weight is 403 g/mol. The fourth-order valence-corrected chi connectivity index (χ4v) is 3.95. The van der Waals surface area contributed by atoms with Crippen LogP contribution in [0.3, 0.4) is 0 Å². The van der Waals surface area contributed by atoms with Crippen molar-refractivity contribution in [2.24, 2.45) is 11.0 Å². The number of carbonyl (C=O) groups is 1. The first-order chi connectivity index (χ1) is 14.4. The highest BCUT2D eigenvalue weighted by Crippen LogP contribution is 2.27. The van der Waals surface area contributed by atoms with Gasteiger partial charge < -0.3 is 11.1 Å². The third-order valence-corrected chi connectivity index (χ3v) is 5.54. The SMILES string of the molecule is CC1=CC2C=NN(Cc3cc(C(=O)NCc4c(C)cc(N)nc4C)ccn3)C2C=C1. The average Bonchev–Trinajstić information content (AvgIpc) is 3.09. The Morgan fingerprint density at radius 1 is 1.27 bits per heavy atom. The quantitative estimate of drug-likeness (QED) is 0.802. The van der Waals surface area contributed by atoms with E-state index in [9.17, 15) is 4.79 Å². The first kappa shape index (κ1) is 19.8. The highest BCUT2D eigenvalue weighted by molar-refractivity contribution is 5.94. The summed E-state index contributed by atoms with van der Waals surface area (Å²) in [5.41, 5.74) is 11.2. The molecule has 4 rings (SSSR count). The number of nitrogen functional groups attached to an aromatic ring is 1. The van der Waals surface area contributed by atoms with Gasteiger partial charge in [-0.3, -0.25) is 14.8 Å². The van der Waals surface area contributed by atoms with E-state index in [0.717, 1.165) is 22.5 Å². The Hall–Kier alpha value is -3.48. The standard InChI is InChI=1S/C23H26N6O/c1-14-4-5-21-18(8-14)11-27-29(21)13-19-10-17(6-7-25-19)23(30)26-12-20-15(2)9-22(24)28-16(20)3/h4-11,18,21H,12-13H2,1-3H3,(H2,24,28)(H,26,30). The van der Waals surface area contributed by atoms with E-state index < -0.39 is 0 Å². The van der Waals surface area contributed by atoms with Crippen LogP contribution >= 0.6 is 0 Å². The zero-order valence-electron chi connectivity index (χ0n) is 17.5. The van der Waals surface area contributed by atoms with Crippen molar-refractivity contribution in [2.45, 2.75) is 39.9 Å². The molecule has 3 heterocycles. The van der Waals surface area contributed by atoms with E-state index in [0.29, 0.717) is 30.4 Å². The van der Waals surface area contributed by atoms with Crippen molar-refractivity contribution in [2.75, 3.05) is 5.73 Å². The number of carbonyl (C=O) groups excluding carboxylic acids is 1. The van der Waals surface area contributed by atoms with Gasteiger partial charge in [0.1, 0.15) is 5.82 Å². The number of nitrogens with two attached hydrogens (primary N) is 1. The molecule has 2 aliphatic rings. The Kier molecular flexibility index (Phi) is 5.35. The van der Waals surface area contributed by atoms with Gasteiger partial charge in [-0.1, -0.05) is 23.8 Å². The van der Waals surface area contributed by atoms with Gasteiger partial charge in [0, 0.05) is 36.1 Å². The molecule has 0 saturated carbocycles. The number of fused-ring (bicyclic) bond motifs is 1. The highest BCUT2D eigenvalue weighted by atomic mass is 16.1. The van der Waals surface area contributed by atoms with E-state index in [4.69, 9.17) is 5.73 Å². The second-order valence-corrected chi connectivity index (χ2v) is 7.85. The Labute approximate surface area is 176 Å². The minimum absolute atomic E-state index is 0.145. The van der Waals surface area contributed by atoms with Gasteiger partial charge in [-0.25, -0.2) is 4.98 Å². The van der Waals surface area contributed by atoms with Gasteiger partial charge in [0.05, 0.1) is 18.3 Å². The fraction of sp³-hybridized carbons (Fsp3) is 0.304. The molecule has 0 spiro atoms. The lowest BCUT2D eigenvalue weighted by Crippen LogP contribution is -2.31. The van der Waals surface area contributed by atoms with E-state index in [1.165, 1.54) is 5.57 Å². The van der Waals surface area contributed by atoms with Gasteiger partial charge in [-0.2, -0.15) is 5.10 Å². The molecular weight excluding hydrogens is 376 g/mol. The number of aryl methyl sites for hydroxylation is 2. The number of hydrogen-bond donors (Lipinski definition) is 2. The van der Waals surface area contributed by atoms with Crippen molar-refractivity contribution in [3.63, 3.8) is 0 Å². The zero-order valence-corrected chi connectivity index (χ0v) is 17.5. The van der Waals surface area contributed by atoms with Crippen LogP contribution in [0, 0.1) is 19.8 Å². The Morgan fingerprint density at radius 3 is 2.90 bits per heavy atom. The van der Waals surface area contributed by atoms with Crippen LogP contribution in [0.4, 0.5) is 5.82 Å². The molecule has 0 bridgehead atoms. The molecule has 7 heteroatoms. The zero-order chi connectivity index (χ0) is 21.3. The molecule has 3 N–H and O–H groups in total. The second kappa shape index (κ2) is 8.10. The molecule has 1 aliphatic carbocycles. The van der Waals surface area contributed by atoms with Crippen LogP contribution < -0.4 is 11.1 Å². The number of pyridine rings is 2. The molecule has 2 aromatic heterocycles. The van der Waals surface area contributed by atoms with E-state index in [-0.39, 0.29) is 11.9 Å². The van der Waals surface area contributed by atoms with Crippen LogP contribution in [0.25, 0.3) is 0 Å². The Balaban J connectivity index is 1.42. The fourth-order valence-electron chi connectivity index (χ4n) is 3.95. The third kappa shape index (κ3) is 4.10. The van der Waals surface area contributed by atoms with E-state index in [1.54, 1.807) is 12.3 Å². The number of hydrazone groups is 1. The molecule has 0 aromatic carbocycles. The molecular formula is C23H26N6O. The van der Waals surface area contributed by atoms with Crippen molar-refractivity contribution in [3.05, 3.63) is 76.3 Å². The smallest absolute Gasteiger partial charge is 0.251 e. The summed E-state index contributed by atoms with van der Waals surface area (Å²) in [6, 6.07) is 5.58. The molecule has 154 valence electrons. The molecule has 0 fully saturated rings. The third-order valence-electron chi connectivity index (χ3n) is 5.54. The minimum atomic E-state index is -0.145. The maximum atomic E-state index is 12.7. The summed E-state index contributed by atoms with van der Waals surface area (Å²) in [7, 11) is 0. The first-order valence-corrected chi connectivity index (χ1v) is 10.0. The monoisotopic (exact) mass is 402 g/mol. The Morgan fingerprint density at radius 2 is 2.10 bits per heavy atom.